The lowest BCUT2D eigenvalue weighted by atomic mass is 9.89. The van der Waals surface area contributed by atoms with Crippen LogP contribution in [0.15, 0.2) is 16.5 Å². The Bertz CT molecular complexity index is 575. The number of nitrogens with two attached hydrogens (primary N) is 1. The van der Waals surface area contributed by atoms with Gasteiger partial charge in [-0.2, -0.15) is 0 Å². The molecule has 3 heterocycles. The van der Waals surface area contributed by atoms with E-state index in [-0.39, 0.29) is 17.9 Å². The largest absolute Gasteiger partial charge is 0.466 e. The fraction of sp³-hybridized carbons (Fsp3) is 0.647. The van der Waals surface area contributed by atoms with Gasteiger partial charge in [0.15, 0.2) is 0 Å². The van der Waals surface area contributed by atoms with Crippen molar-refractivity contribution >= 4 is 11.8 Å². The van der Waals surface area contributed by atoms with Crippen molar-refractivity contribution in [1.29, 1.82) is 0 Å². The molecule has 23 heavy (non-hydrogen) atoms. The number of carbonyl (C=O) groups excluding carboxylic acids is 2. The van der Waals surface area contributed by atoms with Crippen LogP contribution in [0.1, 0.15) is 37.2 Å². The van der Waals surface area contributed by atoms with Crippen molar-refractivity contribution in [2.45, 2.75) is 51.2 Å². The summed E-state index contributed by atoms with van der Waals surface area (Å²) in [7, 11) is 0. The Labute approximate surface area is 135 Å². The summed E-state index contributed by atoms with van der Waals surface area (Å²) < 4.78 is 11.2. The Morgan fingerprint density at radius 3 is 2.52 bits per heavy atom. The van der Waals surface area contributed by atoms with E-state index in [0.717, 1.165) is 50.3 Å². The van der Waals surface area contributed by atoms with Crippen molar-refractivity contribution < 1.29 is 18.7 Å². The quantitative estimate of drug-likeness (QED) is 0.908. The van der Waals surface area contributed by atoms with Gasteiger partial charge in [-0.15, -0.1) is 0 Å². The molecule has 2 fully saturated rings. The van der Waals surface area contributed by atoms with Gasteiger partial charge in [0.05, 0.1) is 12.5 Å². The van der Waals surface area contributed by atoms with Crippen LogP contribution in [-0.4, -0.2) is 42.0 Å². The lowest BCUT2D eigenvalue weighted by Crippen LogP contribution is -2.42. The van der Waals surface area contributed by atoms with Crippen molar-refractivity contribution in [3.8, 4) is 0 Å². The number of rotatable bonds is 4. The van der Waals surface area contributed by atoms with E-state index in [4.69, 9.17) is 14.9 Å². The maximum atomic E-state index is 12.3. The smallest absolute Gasteiger partial charge is 0.246 e. The molecule has 1 aromatic rings. The normalized spacial score (nSPS) is 25.7. The number of hydrogen-bond donors (Lipinski definition) is 1. The summed E-state index contributed by atoms with van der Waals surface area (Å²) in [6, 6.07) is 3.73. The molecule has 1 aromatic heterocycles. The SMILES string of the molecule is Cc1ccc(CC(=O)N2CCC([C@@H]3CC[C@H](C(N)=O)O3)CC2)o1. The van der Waals surface area contributed by atoms with Crippen LogP contribution < -0.4 is 5.73 Å². The van der Waals surface area contributed by atoms with Crippen LogP contribution in [0.3, 0.4) is 0 Å². The van der Waals surface area contributed by atoms with Crippen LogP contribution in [-0.2, 0) is 20.7 Å². The Hall–Kier alpha value is -1.82. The van der Waals surface area contributed by atoms with Gasteiger partial charge in [0.2, 0.25) is 11.8 Å². The van der Waals surface area contributed by atoms with E-state index in [1.54, 1.807) is 0 Å². The molecule has 2 aliphatic rings. The van der Waals surface area contributed by atoms with Gasteiger partial charge < -0.3 is 19.8 Å². The Morgan fingerprint density at radius 1 is 1.22 bits per heavy atom. The molecule has 3 rings (SSSR count). The zero-order chi connectivity index (χ0) is 16.4. The van der Waals surface area contributed by atoms with Crippen LogP contribution in [0.25, 0.3) is 0 Å². The molecule has 2 saturated heterocycles. The van der Waals surface area contributed by atoms with E-state index < -0.39 is 6.10 Å². The van der Waals surface area contributed by atoms with Crippen LogP contribution in [0, 0.1) is 12.8 Å². The molecule has 6 nitrogen and oxygen atoms in total. The predicted octanol–water partition coefficient (Wildman–Crippen LogP) is 1.40. The molecule has 2 amide bonds. The lowest BCUT2D eigenvalue weighted by molar-refractivity contribution is -0.134. The van der Waals surface area contributed by atoms with Crippen LogP contribution in [0.5, 0.6) is 0 Å². The zero-order valence-corrected chi connectivity index (χ0v) is 13.5. The van der Waals surface area contributed by atoms with E-state index in [9.17, 15) is 9.59 Å². The highest BCUT2D eigenvalue weighted by Crippen LogP contribution is 2.31. The average Bonchev–Trinajstić information content (AvgIpc) is 3.17. The minimum atomic E-state index is -0.429. The molecular formula is C17H24N2O4. The molecule has 126 valence electrons. The average molecular weight is 320 g/mol. The van der Waals surface area contributed by atoms with Crippen molar-refractivity contribution in [3.63, 3.8) is 0 Å². The van der Waals surface area contributed by atoms with Crippen LogP contribution in [0.4, 0.5) is 0 Å². The number of nitrogens with zero attached hydrogens (tertiary/aromatic N) is 1. The van der Waals surface area contributed by atoms with Crippen molar-refractivity contribution in [2.24, 2.45) is 11.7 Å². The molecule has 2 atom stereocenters. The Balaban J connectivity index is 1.47. The van der Waals surface area contributed by atoms with Gasteiger partial charge in [0.1, 0.15) is 17.6 Å². The number of aryl methyl sites for hydroxylation is 1. The summed E-state index contributed by atoms with van der Waals surface area (Å²) in [4.78, 5) is 25.4. The van der Waals surface area contributed by atoms with E-state index in [1.165, 1.54) is 0 Å². The highest BCUT2D eigenvalue weighted by Gasteiger charge is 2.36. The molecule has 2 aliphatic heterocycles. The molecule has 0 radical (unpaired) electrons. The fourth-order valence-electron chi connectivity index (χ4n) is 3.58. The van der Waals surface area contributed by atoms with E-state index in [1.807, 2.05) is 24.0 Å². The van der Waals surface area contributed by atoms with Gasteiger partial charge in [-0.25, -0.2) is 0 Å². The molecule has 0 spiro atoms. The molecule has 0 saturated carbocycles. The Morgan fingerprint density at radius 2 is 1.96 bits per heavy atom. The summed E-state index contributed by atoms with van der Waals surface area (Å²) >= 11 is 0. The third kappa shape index (κ3) is 3.75. The number of piperidine rings is 1. The lowest BCUT2D eigenvalue weighted by Gasteiger charge is -2.34. The summed E-state index contributed by atoms with van der Waals surface area (Å²) in [5.74, 6) is 1.70. The minimum absolute atomic E-state index is 0.109. The van der Waals surface area contributed by atoms with Gasteiger partial charge in [0.25, 0.3) is 0 Å². The summed E-state index contributed by atoms with van der Waals surface area (Å²) in [5, 5.41) is 0. The van der Waals surface area contributed by atoms with Gasteiger partial charge in [-0.05, 0) is 50.7 Å². The third-order valence-electron chi connectivity index (χ3n) is 4.91. The minimum Gasteiger partial charge on any atom is -0.466 e. The number of carbonyl (C=O) groups is 2. The first-order valence-corrected chi connectivity index (χ1v) is 8.31. The van der Waals surface area contributed by atoms with Gasteiger partial charge >= 0.3 is 0 Å². The summed E-state index contributed by atoms with van der Waals surface area (Å²) in [6.07, 6.45) is 3.44. The van der Waals surface area contributed by atoms with E-state index in [2.05, 4.69) is 0 Å². The van der Waals surface area contributed by atoms with Gasteiger partial charge in [-0.1, -0.05) is 0 Å². The summed E-state index contributed by atoms with van der Waals surface area (Å²) in [6.45, 7) is 3.36. The number of hydrogen-bond acceptors (Lipinski definition) is 4. The molecule has 2 N–H and O–H groups in total. The molecule has 0 unspecified atom stereocenters. The standard InChI is InChI=1S/C17H24N2O4/c1-11-2-3-13(22-11)10-16(20)19-8-6-12(7-9-19)14-4-5-15(23-14)17(18)21/h2-3,12,14-15H,4-10H2,1H3,(H2,18,21)/t14-,15+/m0/s1. The highest BCUT2D eigenvalue weighted by molar-refractivity contribution is 5.79. The molecule has 0 aliphatic carbocycles. The number of likely N-dealkylation sites (tertiary alicyclic amines) is 1. The predicted molar refractivity (Wildman–Crippen MR) is 83.5 cm³/mol. The second-order valence-corrected chi connectivity index (χ2v) is 6.55. The van der Waals surface area contributed by atoms with Crippen LogP contribution >= 0.6 is 0 Å². The maximum absolute atomic E-state index is 12.3. The van der Waals surface area contributed by atoms with Crippen molar-refractivity contribution in [1.82, 2.24) is 4.90 Å². The second-order valence-electron chi connectivity index (χ2n) is 6.55. The monoisotopic (exact) mass is 320 g/mol. The first kappa shape index (κ1) is 16.1. The van der Waals surface area contributed by atoms with E-state index in [0.29, 0.717) is 12.3 Å². The summed E-state index contributed by atoms with van der Waals surface area (Å²) in [5.41, 5.74) is 5.30. The first-order chi connectivity index (χ1) is 11.0. The molecule has 0 bridgehead atoms. The number of ether oxygens (including phenoxy) is 1. The van der Waals surface area contributed by atoms with Crippen molar-refractivity contribution in [3.05, 3.63) is 23.7 Å². The molecule has 0 aromatic carbocycles. The van der Waals surface area contributed by atoms with E-state index >= 15 is 0 Å². The van der Waals surface area contributed by atoms with Crippen molar-refractivity contribution in [2.75, 3.05) is 13.1 Å². The highest BCUT2D eigenvalue weighted by atomic mass is 16.5. The number of amides is 2. The number of furan rings is 1. The van der Waals surface area contributed by atoms with Gasteiger partial charge in [0, 0.05) is 13.1 Å². The Kier molecular flexibility index (Phi) is 4.71. The number of primary amides is 1. The second kappa shape index (κ2) is 6.74. The molecule has 6 heteroatoms. The first-order valence-electron chi connectivity index (χ1n) is 8.31. The topological polar surface area (TPSA) is 85.8 Å². The van der Waals surface area contributed by atoms with Gasteiger partial charge in [-0.3, -0.25) is 9.59 Å². The molecular weight excluding hydrogens is 296 g/mol. The zero-order valence-electron chi connectivity index (χ0n) is 13.5. The maximum Gasteiger partial charge on any atom is 0.246 e. The fourth-order valence-corrected chi connectivity index (χ4v) is 3.58. The third-order valence-corrected chi connectivity index (χ3v) is 4.91. The van der Waals surface area contributed by atoms with Crippen LogP contribution in [0.2, 0.25) is 0 Å².